The number of rotatable bonds is 1. The number of aromatic nitrogens is 1. The van der Waals surface area contributed by atoms with Crippen molar-refractivity contribution in [1.29, 1.82) is 0 Å². The summed E-state index contributed by atoms with van der Waals surface area (Å²) in [6.07, 6.45) is 3.10. The summed E-state index contributed by atoms with van der Waals surface area (Å²) in [6.45, 7) is 1.37. The van der Waals surface area contributed by atoms with Crippen LogP contribution in [0.1, 0.15) is 18.5 Å². The highest BCUT2D eigenvalue weighted by Crippen LogP contribution is 2.35. The Balaban J connectivity index is 1.88. The number of ether oxygens (including phenoxy) is 1. The standard InChI is InChI=1S/C12H16N2O2/c15-12(11-3-1-2-4-13-11)5-9-7-16-8-10(6-12)14-9/h1-4,9-10,14-15H,5-8H2. The van der Waals surface area contributed by atoms with Crippen molar-refractivity contribution in [2.24, 2.45) is 0 Å². The van der Waals surface area contributed by atoms with E-state index >= 15 is 0 Å². The molecule has 2 aliphatic rings. The number of nitrogens with one attached hydrogen (secondary N) is 1. The second kappa shape index (κ2) is 3.80. The van der Waals surface area contributed by atoms with Gasteiger partial charge in [0.25, 0.3) is 0 Å². The van der Waals surface area contributed by atoms with E-state index in [1.807, 2.05) is 18.2 Å². The van der Waals surface area contributed by atoms with Gasteiger partial charge < -0.3 is 15.2 Å². The quantitative estimate of drug-likeness (QED) is 0.720. The second-order valence-electron chi connectivity index (χ2n) is 4.75. The van der Waals surface area contributed by atoms with Crippen LogP contribution in [0.15, 0.2) is 24.4 Å². The molecule has 0 radical (unpaired) electrons. The average Bonchev–Trinajstić information content (AvgIpc) is 2.29. The first-order chi connectivity index (χ1) is 7.76. The van der Waals surface area contributed by atoms with Crippen LogP contribution in [0, 0.1) is 0 Å². The number of aliphatic hydroxyl groups is 1. The topological polar surface area (TPSA) is 54.4 Å². The van der Waals surface area contributed by atoms with Crippen LogP contribution in [-0.2, 0) is 10.3 Å². The maximum absolute atomic E-state index is 10.7. The van der Waals surface area contributed by atoms with Gasteiger partial charge >= 0.3 is 0 Å². The van der Waals surface area contributed by atoms with Crippen molar-refractivity contribution in [2.45, 2.75) is 30.5 Å². The highest BCUT2D eigenvalue weighted by Gasteiger charge is 2.42. The lowest BCUT2D eigenvalue weighted by atomic mass is 9.80. The van der Waals surface area contributed by atoms with Gasteiger partial charge in [-0.05, 0) is 25.0 Å². The molecule has 2 aliphatic heterocycles. The van der Waals surface area contributed by atoms with Crippen LogP contribution in [0.2, 0.25) is 0 Å². The fraction of sp³-hybridized carbons (Fsp3) is 0.583. The number of pyridine rings is 1. The molecule has 2 fully saturated rings. The highest BCUT2D eigenvalue weighted by molar-refractivity contribution is 5.16. The molecule has 1 aromatic rings. The molecule has 0 saturated carbocycles. The Hall–Kier alpha value is -0.970. The van der Waals surface area contributed by atoms with E-state index in [4.69, 9.17) is 4.74 Å². The molecule has 2 N–H and O–H groups in total. The fourth-order valence-electron chi connectivity index (χ4n) is 2.76. The SMILES string of the molecule is OC1(c2ccccn2)CC2COCC(C1)N2. The fourth-order valence-corrected chi connectivity index (χ4v) is 2.76. The van der Waals surface area contributed by atoms with E-state index in [-0.39, 0.29) is 12.1 Å². The molecule has 0 spiro atoms. The van der Waals surface area contributed by atoms with Crippen molar-refractivity contribution in [3.63, 3.8) is 0 Å². The Morgan fingerprint density at radius 2 is 2.06 bits per heavy atom. The van der Waals surface area contributed by atoms with Crippen LogP contribution in [0.5, 0.6) is 0 Å². The summed E-state index contributed by atoms with van der Waals surface area (Å²) in [5.41, 5.74) is -0.000532. The van der Waals surface area contributed by atoms with Gasteiger partial charge in [0.15, 0.2) is 0 Å². The van der Waals surface area contributed by atoms with Gasteiger partial charge in [0.05, 0.1) is 18.9 Å². The molecule has 3 heterocycles. The van der Waals surface area contributed by atoms with Crippen molar-refractivity contribution in [2.75, 3.05) is 13.2 Å². The monoisotopic (exact) mass is 220 g/mol. The Morgan fingerprint density at radius 1 is 1.31 bits per heavy atom. The van der Waals surface area contributed by atoms with Crippen molar-refractivity contribution in [1.82, 2.24) is 10.3 Å². The number of fused-ring (bicyclic) bond motifs is 2. The largest absolute Gasteiger partial charge is 0.383 e. The number of hydrogen-bond donors (Lipinski definition) is 2. The molecule has 16 heavy (non-hydrogen) atoms. The first kappa shape index (κ1) is 10.2. The smallest absolute Gasteiger partial charge is 0.110 e. The van der Waals surface area contributed by atoms with Crippen molar-refractivity contribution < 1.29 is 9.84 Å². The molecule has 2 unspecified atom stereocenters. The van der Waals surface area contributed by atoms with E-state index in [9.17, 15) is 5.11 Å². The third-order valence-corrected chi connectivity index (χ3v) is 3.42. The lowest BCUT2D eigenvalue weighted by molar-refractivity contribution is -0.0823. The summed E-state index contributed by atoms with van der Waals surface area (Å²) in [5, 5.41) is 14.2. The number of morpholine rings is 1. The van der Waals surface area contributed by atoms with E-state index in [0.717, 1.165) is 5.69 Å². The summed E-state index contributed by atoms with van der Waals surface area (Å²) >= 11 is 0. The molecule has 0 aliphatic carbocycles. The van der Waals surface area contributed by atoms with Gasteiger partial charge in [0.1, 0.15) is 5.60 Å². The van der Waals surface area contributed by atoms with Crippen LogP contribution < -0.4 is 5.32 Å². The summed E-state index contributed by atoms with van der Waals surface area (Å²) < 4.78 is 5.47. The average molecular weight is 220 g/mol. The van der Waals surface area contributed by atoms with Crippen LogP contribution in [-0.4, -0.2) is 35.4 Å². The van der Waals surface area contributed by atoms with Crippen molar-refractivity contribution in [3.05, 3.63) is 30.1 Å². The van der Waals surface area contributed by atoms with Crippen molar-refractivity contribution >= 4 is 0 Å². The summed E-state index contributed by atoms with van der Waals surface area (Å²) in [5.74, 6) is 0. The molecule has 2 atom stereocenters. The minimum atomic E-state index is -0.786. The minimum absolute atomic E-state index is 0.250. The Labute approximate surface area is 94.7 Å². The predicted molar refractivity (Wildman–Crippen MR) is 58.9 cm³/mol. The van der Waals surface area contributed by atoms with Crippen LogP contribution in [0.25, 0.3) is 0 Å². The molecule has 3 rings (SSSR count). The second-order valence-corrected chi connectivity index (χ2v) is 4.75. The molecule has 0 aromatic carbocycles. The first-order valence-electron chi connectivity index (χ1n) is 5.74. The highest BCUT2D eigenvalue weighted by atomic mass is 16.5. The third kappa shape index (κ3) is 1.73. The maximum atomic E-state index is 10.7. The summed E-state index contributed by atoms with van der Waals surface area (Å²) in [4.78, 5) is 4.28. The van der Waals surface area contributed by atoms with Gasteiger partial charge in [-0.3, -0.25) is 4.98 Å². The number of hydrogen-bond acceptors (Lipinski definition) is 4. The van der Waals surface area contributed by atoms with Gasteiger partial charge in [-0.2, -0.15) is 0 Å². The zero-order valence-corrected chi connectivity index (χ0v) is 9.10. The number of nitrogens with zero attached hydrogens (tertiary/aromatic N) is 1. The summed E-state index contributed by atoms with van der Waals surface area (Å²) in [6, 6.07) is 6.20. The van der Waals surface area contributed by atoms with Crippen molar-refractivity contribution in [3.8, 4) is 0 Å². The van der Waals surface area contributed by atoms with Crippen LogP contribution >= 0.6 is 0 Å². The normalized spacial score (nSPS) is 38.3. The van der Waals surface area contributed by atoms with Gasteiger partial charge in [-0.1, -0.05) is 6.07 Å². The molecule has 86 valence electrons. The van der Waals surface area contributed by atoms with E-state index in [2.05, 4.69) is 10.3 Å². The van der Waals surface area contributed by atoms with Gasteiger partial charge in [0.2, 0.25) is 0 Å². The van der Waals surface area contributed by atoms with E-state index < -0.39 is 5.60 Å². The lowest BCUT2D eigenvalue weighted by Crippen LogP contribution is -2.58. The van der Waals surface area contributed by atoms with Crippen LogP contribution in [0.4, 0.5) is 0 Å². The van der Waals surface area contributed by atoms with Gasteiger partial charge in [-0.15, -0.1) is 0 Å². The van der Waals surface area contributed by atoms with Crippen LogP contribution in [0.3, 0.4) is 0 Å². The minimum Gasteiger partial charge on any atom is -0.383 e. The lowest BCUT2D eigenvalue weighted by Gasteiger charge is -2.44. The Kier molecular flexibility index (Phi) is 2.42. The molecular formula is C12H16N2O2. The molecule has 4 nitrogen and oxygen atoms in total. The maximum Gasteiger partial charge on any atom is 0.110 e. The molecule has 1 aromatic heterocycles. The Bertz CT molecular complexity index is 357. The van der Waals surface area contributed by atoms with E-state index in [1.165, 1.54) is 0 Å². The molecule has 2 saturated heterocycles. The van der Waals surface area contributed by atoms with Gasteiger partial charge in [0, 0.05) is 18.3 Å². The molecule has 0 amide bonds. The summed E-state index contributed by atoms with van der Waals surface area (Å²) in [7, 11) is 0. The number of piperidine rings is 1. The van der Waals surface area contributed by atoms with E-state index in [1.54, 1.807) is 6.20 Å². The molecular weight excluding hydrogens is 204 g/mol. The first-order valence-corrected chi connectivity index (χ1v) is 5.74. The zero-order chi connectivity index (χ0) is 11.0. The van der Waals surface area contributed by atoms with E-state index in [0.29, 0.717) is 26.1 Å². The predicted octanol–water partition coefficient (Wildman–Crippen LogP) is 0.420. The van der Waals surface area contributed by atoms with Gasteiger partial charge in [-0.25, -0.2) is 0 Å². The molecule has 2 bridgehead atoms. The zero-order valence-electron chi connectivity index (χ0n) is 9.10. The molecule has 4 heteroatoms. The Morgan fingerprint density at radius 3 is 2.69 bits per heavy atom. The third-order valence-electron chi connectivity index (χ3n) is 3.42.